The highest BCUT2D eigenvalue weighted by molar-refractivity contribution is 6.30. The number of carbonyl (C=O) groups excluding carboxylic acids is 1. The molecule has 1 N–H and O–H groups in total. The predicted molar refractivity (Wildman–Crippen MR) is 111 cm³/mol. The van der Waals surface area contributed by atoms with Crippen molar-refractivity contribution in [3.63, 3.8) is 0 Å². The average Bonchev–Trinajstić information content (AvgIpc) is 3.21. The quantitative estimate of drug-likeness (QED) is 0.553. The summed E-state index contributed by atoms with van der Waals surface area (Å²) < 4.78 is 4.00. The molecule has 1 amide bonds. The van der Waals surface area contributed by atoms with Gasteiger partial charge in [0.2, 0.25) is 0 Å². The smallest absolute Gasteiger partial charge is 0.268 e. The highest BCUT2D eigenvalue weighted by Crippen LogP contribution is 2.24. The standard InChI is InChI=1S/C21H22ClN5O/c1-13(2)11-23-21(28)19-10-18-17(7-8-20-25-24-14(3)27(18)20)26(19)12-15-5-4-6-16(22)9-15/h4-10,13H,11-12H2,1-3H3,(H,23,28). The molecule has 0 unspecified atom stereocenters. The number of nitrogens with zero attached hydrogens (tertiary/aromatic N) is 4. The van der Waals surface area contributed by atoms with E-state index in [0.29, 0.717) is 29.7 Å². The van der Waals surface area contributed by atoms with Crippen LogP contribution in [-0.2, 0) is 6.54 Å². The first-order valence-corrected chi connectivity index (χ1v) is 9.68. The summed E-state index contributed by atoms with van der Waals surface area (Å²) in [7, 11) is 0. The molecule has 7 heteroatoms. The third-order valence-electron chi connectivity index (χ3n) is 4.73. The van der Waals surface area contributed by atoms with Crippen LogP contribution in [0, 0.1) is 12.8 Å². The molecule has 0 atom stereocenters. The van der Waals surface area contributed by atoms with Crippen molar-refractivity contribution in [2.75, 3.05) is 6.54 Å². The summed E-state index contributed by atoms with van der Waals surface area (Å²) in [6.45, 7) is 7.23. The van der Waals surface area contributed by atoms with Crippen LogP contribution in [0.4, 0.5) is 0 Å². The lowest BCUT2D eigenvalue weighted by molar-refractivity contribution is 0.0940. The van der Waals surface area contributed by atoms with Crippen molar-refractivity contribution in [2.24, 2.45) is 5.92 Å². The first kappa shape index (κ1) is 18.5. The summed E-state index contributed by atoms with van der Waals surface area (Å²) in [4.78, 5) is 13.0. The Hall–Kier alpha value is -2.86. The topological polar surface area (TPSA) is 64.2 Å². The van der Waals surface area contributed by atoms with E-state index in [0.717, 1.165) is 28.1 Å². The fourth-order valence-corrected chi connectivity index (χ4v) is 3.62. The van der Waals surface area contributed by atoms with E-state index in [1.54, 1.807) is 0 Å². The number of hydrogen-bond donors (Lipinski definition) is 1. The largest absolute Gasteiger partial charge is 0.351 e. The van der Waals surface area contributed by atoms with E-state index >= 15 is 0 Å². The summed E-state index contributed by atoms with van der Waals surface area (Å²) in [6.07, 6.45) is 0. The van der Waals surface area contributed by atoms with Crippen molar-refractivity contribution in [2.45, 2.75) is 27.3 Å². The number of nitrogens with one attached hydrogen (secondary N) is 1. The summed E-state index contributed by atoms with van der Waals surface area (Å²) in [5.41, 5.74) is 4.26. The zero-order valence-corrected chi connectivity index (χ0v) is 16.9. The third kappa shape index (κ3) is 3.36. The molecule has 0 bridgehead atoms. The summed E-state index contributed by atoms with van der Waals surface area (Å²) in [6, 6.07) is 13.5. The van der Waals surface area contributed by atoms with Gasteiger partial charge in [-0.05, 0) is 48.7 Å². The normalized spacial score (nSPS) is 11.6. The Morgan fingerprint density at radius 2 is 1.96 bits per heavy atom. The lowest BCUT2D eigenvalue weighted by atomic mass is 10.2. The molecule has 0 aliphatic carbocycles. The molecule has 3 aromatic heterocycles. The zero-order chi connectivity index (χ0) is 19.8. The van der Waals surface area contributed by atoms with Gasteiger partial charge < -0.3 is 9.88 Å². The van der Waals surface area contributed by atoms with Crippen molar-refractivity contribution in [1.29, 1.82) is 0 Å². The van der Waals surface area contributed by atoms with Crippen molar-refractivity contribution >= 4 is 34.2 Å². The highest BCUT2D eigenvalue weighted by atomic mass is 35.5. The van der Waals surface area contributed by atoms with Crippen molar-refractivity contribution in [3.05, 3.63) is 64.6 Å². The lowest BCUT2D eigenvalue weighted by Gasteiger charge is -2.12. The Kier molecular flexibility index (Phi) is 4.81. The van der Waals surface area contributed by atoms with Crippen molar-refractivity contribution < 1.29 is 4.79 Å². The van der Waals surface area contributed by atoms with E-state index in [1.165, 1.54) is 0 Å². The number of amides is 1. The van der Waals surface area contributed by atoms with Gasteiger partial charge in [0.15, 0.2) is 5.65 Å². The maximum atomic E-state index is 13.0. The second-order valence-electron chi connectivity index (χ2n) is 7.39. The van der Waals surface area contributed by atoms with Gasteiger partial charge in [-0.3, -0.25) is 9.20 Å². The number of rotatable bonds is 5. The maximum absolute atomic E-state index is 13.0. The number of halogens is 1. The Morgan fingerprint density at radius 3 is 2.71 bits per heavy atom. The summed E-state index contributed by atoms with van der Waals surface area (Å²) in [5.74, 6) is 1.07. The van der Waals surface area contributed by atoms with Gasteiger partial charge in [0.05, 0.1) is 11.0 Å². The summed E-state index contributed by atoms with van der Waals surface area (Å²) >= 11 is 6.17. The van der Waals surface area contributed by atoms with Gasteiger partial charge in [0.25, 0.3) is 5.91 Å². The molecule has 0 aliphatic rings. The monoisotopic (exact) mass is 395 g/mol. The van der Waals surface area contributed by atoms with E-state index < -0.39 is 0 Å². The molecule has 4 rings (SSSR count). The number of fused-ring (bicyclic) bond motifs is 3. The second-order valence-corrected chi connectivity index (χ2v) is 7.83. The zero-order valence-electron chi connectivity index (χ0n) is 16.1. The molecule has 6 nitrogen and oxygen atoms in total. The van der Waals surface area contributed by atoms with Gasteiger partial charge in [-0.1, -0.05) is 37.6 Å². The Morgan fingerprint density at radius 1 is 1.14 bits per heavy atom. The van der Waals surface area contributed by atoms with E-state index in [2.05, 4.69) is 29.4 Å². The fourth-order valence-electron chi connectivity index (χ4n) is 3.41. The number of benzene rings is 1. The lowest BCUT2D eigenvalue weighted by Crippen LogP contribution is -2.29. The Balaban J connectivity index is 1.88. The molecule has 0 fully saturated rings. The van der Waals surface area contributed by atoms with Crippen molar-refractivity contribution in [1.82, 2.24) is 24.5 Å². The fraction of sp³-hybridized carbons (Fsp3) is 0.286. The highest BCUT2D eigenvalue weighted by Gasteiger charge is 2.19. The van der Waals surface area contributed by atoms with E-state index in [9.17, 15) is 4.79 Å². The molecule has 144 valence electrons. The van der Waals surface area contributed by atoms with Crippen LogP contribution in [-0.4, -0.2) is 31.6 Å². The minimum atomic E-state index is -0.0918. The Labute approximate surface area is 168 Å². The average molecular weight is 396 g/mol. The molecule has 0 saturated carbocycles. The molecule has 28 heavy (non-hydrogen) atoms. The molecule has 3 heterocycles. The first-order valence-electron chi connectivity index (χ1n) is 9.30. The molecule has 4 aromatic rings. The molecule has 0 spiro atoms. The molecule has 0 aliphatic heterocycles. The van der Waals surface area contributed by atoms with E-state index in [-0.39, 0.29) is 5.91 Å². The van der Waals surface area contributed by atoms with Crippen LogP contribution in [0.15, 0.2) is 42.5 Å². The van der Waals surface area contributed by atoms with Crippen LogP contribution in [0.1, 0.15) is 35.7 Å². The number of aromatic nitrogens is 4. The van der Waals surface area contributed by atoms with Crippen LogP contribution in [0.3, 0.4) is 0 Å². The van der Waals surface area contributed by atoms with Gasteiger partial charge in [-0.2, -0.15) is 0 Å². The van der Waals surface area contributed by atoms with Gasteiger partial charge in [-0.15, -0.1) is 10.2 Å². The van der Waals surface area contributed by atoms with Crippen LogP contribution < -0.4 is 5.32 Å². The maximum Gasteiger partial charge on any atom is 0.268 e. The van der Waals surface area contributed by atoms with Crippen LogP contribution in [0.2, 0.25) is 5.02 Å². The van der Waals surface area contributed by atoms with E-state index in [4.69, 9.17) is 11.6 Å². The molecular weight excluding hydrogens is 374 g/mol. The molecular formula is C21H22ClN5O. The SMILES string of the molecule is Cc1nnc2ccc3c(cc(C(=O)NCC(C)C)n3Cc3cccc(Cl)c3)n12. The van der Waals surface area contributed by atoms with Crippen LogP contribution >= 0.6 is 11.6 Å². The van der Waals surface area contributed by atoms with Gasteiger partial charge in [0.1, 0.15) is 11.5 Å². The van der Waals surface area contributed by atoms with Crippen LogP contribution in [0.5, 0.6) is 0 Å². The van der Waals surface area contributed by atoms with Crippen molar-refractivity contribution in [3.8, 4) is 0 Å². The minimum absolute atomic E-state index is 0.0918. The predicted octanol–water partition coefficient (Wildman–Crippen LogP) is 4.08. The molecule has 0 radical (unpaired) electrons. The first-order chi connectivity index (χ1) is 13.4. The van der Waals surface area contributed by atoms with Gasteiger partial charge >= 0.3 is 0 Å². The molecule has 0 saturated heterocycles. The Bertz CT molecular complexity index is 1170. The minimum Gasteiger partial charge on any atom is -0.351 e. The number of carbonyl (C=O) groups is 1. The van der Waals surface area contributed by atoms with Crippen LogP contribution in [0.25, 0.3) is 16.7 Å². The van der Waals surface area contributed by atoms with Gasteiger partial charge in [0, 0.05) is 18.1 Å². The number of aryl methyl sites for hydroxylation is 1. The van der Waals surface area contributed by atoms with E-state index in [1.807, 2.05) is 58.4 Å². The third-order valence-corrected chi connectivity index (χ3v) is 4.97. The van der Waals surface area contributed by atoms with Gasteiger partial charge in [-0.25, -0.2) is 0 Å². The summed E-state index contributed by atoms with van der Waals surface area (Å²) in [5, 5.41) is 12.1. The number of pyridine rings is 1. The number of hydrogen-bond acceptors (Lipinski definition) is 3. The second kappa shape index (κ2) is 7.28. The molecule has 1 aromatic carbocycles.